The summed E-state index contributed by atoms with van der Waals surface area (Å²) in [5.74, 6) is 0.657. The molecule has 1 aromatic rings. The molecule has 1 aromatic heterocycles. The maximum Gasteiger partial charge on any atom is 0.226 e. The fraction of sp³-hybridized carbons (Fsp3) is 0.500. The average molecular weight is 221 g/mol. The van der Waals surface area contributed by atoms with E-state index in [0.717, 1.165) is 6.54 Å². The summed E-state index contributed by atoms with van der Waals surface area (Å²) in [6, 6.07) is 2.17. The Morgan fingerprint density at radius 1 is 1.69 bits per heavy atom. The van der Waals surface area contributed by atoms with E-state index in [1.807, 2.05) is 0 Å². The first-order valence-corrected chi connectivity index (χ1v) is 5.33. The normalized spacial score (nSPS) is 16.2. The predicted octanol–water partition coefficient (Wildman–Crippen LogP) is 0.560. The maximum absolute atomic E-state index is 8.59. The SMILES string of the molecule is CCN(c1nccc(/C(N)=N/O)n1)C1CC1. The van der Waals surface area contributed by atoms with Gasteiger partial charge in [-0.1, -0.05) is 5.16 Å². The Kier molecular flexibility index (Phi) is 2.89. The fourth-order valence-corrected chi connectivity index (χ4v) is 1.63. The number of oxime groups is 1. The summed E-state index contributed by atoms with van der Waals surface area (Å²) < 4.78 is 0. The molecule has 1 saturated carbocycles. The van der Waals surface area contributed by atoms with Gasteiger partial charge >= 0.3 is 0 Å². The van der Waals surface area contributed by atoms with Gasteiger partial charge in [0.1, 0.15) is 5.69 Å². The van der Waals surface area contributed by atoms with Crippen LogP contribution in [-0.2, 0) is 0 Å². The van der Waals surface area contributed by atoms with Crippen LogP contribution in [0.1, 0.15) is 25.5 Å². The zero-order valence-corrected chi connectivity index (χ0v) is 9.17. The number of amidine groups is 1. The van der Waals surface area contributed by atoms with Crippen molar-refractivity contribution in [3.05, 3.63) is 18.0 Å². The summed E-state index contributed by atoms with van der Waals surface area (Å²) in [6.45, 7) is 2.93. The van der Waals surface area contributed by atoms with Crippen molar-refractivity contribution in [3.8, 4) is 0 Å². The third-order valence-electron chi connectivity index (χ3n) is 2.60. The van der Waals surface area contributed by atoms with Crippen LogP contribution in [0, 0.1) is 0 Å². The van der Waals surface area contributed by atoms with Crippen molar-refractivity contribution < 1.29 is 5.21 Å². The topological polar surface area (TPSA) is 87.6 Å². The standard InChI is InChI=1S/C10H15N5O/c1-2-15(7-3-4-7)10-12-6-5-8(13-10)9(11)14-16/h5-7,16H,2-4H2,1H3,(H2,11,14). The molecular weight excluding hydrogens is 206 g/mol. The maximum atomic E-state index is 8.59. The van der Waals surface area contributed by atoms with E-state index in [0.29, 0.717) is 17.7 Å². The predicted molar refractivity (Wildman–Crippen MR) is 60.6 cm³/mol. The molecule has 0 aromatic carbocycles. The van der Waals surface area contributed by atoms with Crippen LogP contribution in [0.3, 0.4) is 0 Å². The van der Waals surface area contributed by atoms with Crippen molar-refractivity contribution in [2.45, 2.75) is 25.8 Å². The fourth-order valence-electron chi connectivity index (χ4n) is 1.63. The molecule has 0 amide bonds. The number of anilines is 1. The first-order chi connectivity index (χ1) is 7.76. The van der Waals surface area contributed by atoms with Crippen molar-refractivity contribution in [2.24, 2.45) is 10.9 Å². The van der Waals surface area contributed by atoms with Gasteiger partial charge in [0.05, 0.1) is 0 Å². The van der Waals surface area contributed by atoms with Gasteiger partial charge in [0.15, 0.2) is 5.84 Å². The quantitative estimate of drug-likeness (QED) is 0.336. The highest BCUT2D eigenvalue weighted by atomic mass is 16.4. The van der Waals surface area contributed by atoms with E-state index >= 15 is 0 Å². The Balaban J connectivity index is 2.27. The molecule has 0 saturated heterocycles. The highest BCUT2D eigenvalue weighted by Crippen LogP contribution is 2.29. The van der Waals surface area contributed by atoms with Gasteiger partial charge in [0, 0.05) is 18.8 Å². The van der Waals surface area contributed by atoms with Crippen molar-refractivity contribution >= 4 is 11.8 Å². The minimum absolute atomic E-state index is 0.00972. The van der Waals surface area contributed by atoms with E-state index in [9.17, 15) is 0 Å². The largest absolute Gasteiger partial charge is 0.409 e. The summed E-state index contributed by atoms with van der Waals surface area (Å²) in [5, 5.41) is 11.5. The minimum Gasteiger partial charge on any atom is -0.409 e. The second-order valence-corrected chi connectivity index (χ2v) is 3.74. The zero-order chi connectivity index (χ0) is 11.5. The van der Waals surface area contributed by atoms with Crippen LogP contribution in [0.4, 0.5) is 5.95 Å². The van der Waals surface area contributed by atoms with Gasteiger partial charge in [-0.05, 0) is 25.8 Å². The smallest absolute Gasteiger partial charge is 0.226 e. The Morgan fingerprint density at radius 2 is 2.44 bits per heavy atom. The molecule has 1 aliphatic carbocycles. The van der Waals surface area contributed by atoms with Crippen LogP contribution in [0.15, 0.2) is 17.4 Å². The number of aromatic nitrogens is 2. The molecule has 0 unspecified atom stereocenters. The molecule has 16 heavy (non-hydrogen) atoms. The molecule has 1 aliphatic rings. The lowest BCUT2D eigenvalue weighted by Crippen LogP contribution is -2.28. The first-order valence-electron chi connectivity index (χ1n) is 5.33. The summed E-state index contributed by atoms with van der Waals surface area (Å²) in [4.78, 5) is 10.6. The highest BCUT2D eigenvalue weighted by molar-refractivity contribution is 5.95. The van der Waals surface area contributed by atoms with Gasteiger partial charge in [-0.15, -0.1) is 0 Å². The van der Waals surface area contributed by atoms with E-state index in [2.05, 4.69) is 26.9 Å². The lowest BCUT2D eigenvalue weighted by Gasteiger charge is -2.20. The molecule has 0 bridgehead atoms. The van der Waals surface area contributed by atoms with E-state index in [1.165, 1.54) is 12.8 Å². The van der Waals surface area contributed by atoms with Gasteiger partial charge in [0.25, 0.3) is 0 Å². The van der Waals surface area contributed by atoms with E-state index in [-0.39, 0.29) is 5.84 Å². The van der Waals surface area contributed by atoms with Crippen LogP contribution >= 0.6 is 0 Å². The Labute approximate surface area is 93.8 Å². The molecule has 6 heteroatoms. The number of nitrogens with two attached hydrogens (primary N) is 1. The molecule has 0 atom stereocenters. The molecule has 0 radical (unpaired) electrons. The third kappa shape index (κ3) is 2.05. The van der Waals surface area contributed by atoms with Gasteiger partial charge in [-0.3, -0.25) is 0 Å². The molecule has 1 fully saturated rings. The van der Waals surface area contributed by atoms with Crippen LogP contribution in [0.5, 0.6) is 0 Å². The van der Waals surface area contributed by atoms with E-state index in [1.54, 1.807) is 12.3 Å². The monoisotopic (exact) mass is 221 g/mol. The lowest BCUT2D eigenvalue weighted by molar-refractivity contribution is 0.318. The highest BCUT2D eigenvalue weighted by Gasteiger charge is 2.29. The van der Waals surface area contributed by atoms with Crippen LogP contribution in [0.2, 0.25) is 0 Å². The number of nitrogens with zero attached hydrogens (tertiary/aromatic N) is 4. The molecule has 3 N–H and O–H groups in total. The van der Waals surface area contributed by atoms with Crippen molar-refractivity contribution in [1.82, 2.24) is 9.97 Å². The van der Waals surface area contributed by atoms with Gasteiger partial charge in [0.2, 0.25) is 5.95 Å². The number of rotatable bonds is 4. The summed E-state index contributed by atoms with van der Waals surface area (Å²) in [7, 11) is 0. The number of hydrogen-bond donors (Lipinski definition) is 2. The van der Waals surface area contributed by atoms with Crippen molar-refractivity contribution in [2.75, 3.05) is 11.4 Å². The number of hydrogen-bond acceptors (Lipinski definition) is 5. The molecule has 2 rings (SSSR count). The van der Waals surface area contributed by atoms with Crippen LogP contribution in [-0.4, -0.2) is 33.6 Å². The summed E-state index contributed by atoms with van der Waals surface area (Å²) in [6.07, 6.45) is 4.00. The average Bonchev–Trinajstić information content (AvgIpc) is 3.14. The summed E-state index contributed by atoms with van der Waals surface area (Å²) in [5.41, 5.74) is 5.94. The second-order valence-electron chi connectivity index (χ2n) is 3.74. The van der Waals surface area contributed by atoms with Gasteiger partial charge < -0.3 is 15.8 Å². The van der Waals surface area contributed by atoms with Crippen LogP contribution < -0.4 is 10.6 Å². The lowest BCUT2D eigenvalue weighted by atomic mass is 10.4. The first kappa shape index (κ1) is 10.7. The van der Waals surface area contributed by atoms with Gasteiger partial charge in [-0.2, -0.15) is 0 Å². The van der Waals surface area contributed by atoms with Crippen molar-refractivity contribution in [3.63, 3.8) is 0 Å². The molecule has 0 spiro atoms. The van der Waals surface area contributed by atoms with E-state index in [4.69, 9.17) is 10.9 Å². The van der Waals surface area contributed by atoms with Gasteiger partial charge in [-0.25, -0.2) is 9.97 Å². The van der Waals surface area contributed by atoms with Crippen molar-refractivity contribution in [1.29, 1.82) is 0 Å². The molecule has 86 valence electrons. The Morgan fingerprint density at radius 3 is 3.00 bits per heavy atom. The van der Waals surface area contributed by atoms with Crippen LogP contribution in [0.25, 0.3) is 0 Å². The summed E-state index contributed by atoms with van der Waals surface area (Å²) >= 11 is 0. The molecule has 6 nitrogen and oxygen atoms in total. The Bertz CT molecular complexity index is 402. The zero-order valence-electron chi connectivity index (χ0n) is 9.17. The second kappa shape index (κ2) is 4.34. The minimum atomic E-state index is 0.00972. The van der Waals surface area contributed by atoms with E-state index < -0.39 is 0 Å². The molecule has 0 aliphatic heterocycles. The molecular formula is C10H15N5O. The third-order valence-corrected chi connectivity index (χ3v) is 2.60. The Hall–Kier alpha value is -1.85. The molecule has 1 heterocycles.